The largest absolute Gasteiger partial charge is 0.397 e. The summed E-state index contributed by atoms with van der Waals surface area (Å²) in [5, 5.41) is 55.7. The molecule has 0 radical (unpaired) electrons. The molecule has 7 N–H and O–H groups in total. The van der Waals surface area contributed by atoms with Crippen LogP contribution in [0.5, 0.6) is 0 Å². The maximum Gasteiger partial charge on any atom is 0.397 e. The van der Waals surface area contributed by atoms with Gasteiger partial charge in [0.25, 0.3) is 0 Å². The molecule has 0 spiro atoms. The molecule has 1 heterocycles. The first-order valence-electron chi connectivity index (χ1n) is 28.2. The van der Waals surface area contributed by atoms with Gasteiger partial charge >= 0.3 is 10.4 Å². The van der Waals surface area contributed by atoms with E-state index in [-0.39, 0.29) is 6.42 Å². The summed E-state index contributed by atoms with van der Waals surface area (Å²) in [6, 6.07) is -1.03. The smallest absolute Gasteiger partial charge is 0.394 e. The van der Waals surface area contributed by atoms with Crippen LogP contribution in [0, 0.1) is 0 Å². The van der Waals surface area contributed by atoms with Crippen LogP contribution in [0.2, 0.25) is 0 Å². The maximum absolute atomic E-state index is 13.2. The highest BCUT2D eigenvalue weighted by Crippen LogP contribution is 2.26. The minimum absolute atomic E-state index is 0.256. The standard InChI is InChI=1S/C54H105NO12S/c1-3-5-7-9-11-13-15-17-19-21-23-25-26-28-30-32-34-36-38-40-42-47(57)46(45-65-54-51(60)52(67-68(62,63)64)50(59)49(44-56)66-54)55-53(61)48(58)43-41-39-37-35-33-31-29-27-24-22-20-18-16-14-12-10-8-6-4-2/h24,27,46-52,54,56-60H,3-23,25-26,28-45H2,1-2H3,(H,55,61)(H,62,63,64)/b27-24-. The molecule has 0 aromatic carbocycles. The number of unbranched alkanes of at least 4 members (excludes halogenated alkanes) is 34. The molecule has 8 unspecified atom stereocenters. The summed E-state index contributed by atoms with van der Waals surface area (Å²) in [5.74, 6) is -0.670. The van der Waals surface area contributed by atoms with Crippen molar-refractivity contribution in [1.82, 2.24) is 5.32 Å². The van der Waals surface area contributed by atoms with E-state index in [4.69, 9.17) is 9.47 Å². The topological polar surface area (TPSA) is 212 Å². The molecular weight excluding hydrogens is 887 g/mol. The summed E-state index contributed by atoms with van der Waals surface area (Å²) in [7, 11) is -5.11. The molecule has 1 aliphatic heterocycles. The van der Waals surface area contributed by atoms with Crippen LogP contribution >= 0.6 is 0 Å². The van der Waals surface area contributed by atoms with Gasteiger partial charge in [0, 0.05) is 0 Å². The van der Waals surface area contributed by atoms with Crippen LogP contribution in [0.1, 0.15) is 264 Å². The molecule has 1 saturated heterocycles. The van der Waals surface area contributed by atoms with Crippen molar-refractivity contribution in [2.45, 2.75) is 313 Å². The Labute approximate surface area is 415 Å². The van der Waals surface area contributed by atoms with E-state index < -0.39 is 78.5 Å². The van der Waals surface area contributed by atoms with E-state index >= 15 is 0 Å². The second-order valence-electron chi connectivity index (χ2n) is 20.0. The predicted octanol–water partition coefficient (Wildman–Crippen LogP) is 11.6. The molecule has 0 aromatic heterocycles. The number of hydrogen-bond acceptors (Lipinski definition) is 11. The number of allylic oxidation sites excluding steroid dienone is 2. The lowest BCUT2D eigenvalue weighted by atomic mass is 9.99. The third-order valence-corrected chi connectivity index (χ3v) is 14.1. The Morgan fingerprint density at radius 3 is 1.32 bits per heavy atom. The van der Waals surface area contributed by atoms with Gasteiger partial charge in [-0.15, -0.1) is 0 Å². The van der Waals surface area contributed by atoms with Gasteiger partial charge in [0.2, 0.25) is 5.91 Å². The predicted molar refractivity (Wildman–Crippen MR) is 275 cm³/mol. The van der Waals surface area contributed by atoms with E-state index in [2.05, 4.69) is 35.5 Å². The molecule has 1 fully saturated rings. The second kappa shape index (κ2) is 44.5. The zero-order valence-corrected chi connectivity index (χ0v) is 44.1. The maximum atomic E-state index is 13.2. The molecule has 0 aliphatic carbocycles. The SMILES string of the molecule is CCCCCCCCCCC/C=C\CCCCCCCCC(O)C(=O)NC(COC1OC(CO)C(O)C(OS(=O)(=O)O)C1O)C(O)CCCCCCCCCCCCCCCCCCCCCC. The van der Waals surface area contributed by atoms with E-state index in [1.807, 2.05) is 0 Å². The van der Waals surface area contributed by atoms with Gasteiger partial charge in [-0.3, -0.25) is 9.35 Å². The lowest BCUT2D eigenvalue weighted by Crippen LogP contribution is -2.61. The molecule has 404 valence electrons. The minimum Gasteiger partial charge on any atom is -0.394 e. The first kappa shape index (κ1) is 64.8. The average Bonchev–Trinajstić information content (AvgIpc) is 3.31. The van der Waals surface area contributed by atoms with Gasteiger partial charge in [0.1, 0.15) is 30.5 Å². The average molecular weight is 992 g/mol. The van der Waals surface area contributed by atoms with Crippen LogP contribution in [-0.4, -0.2) is 107 Å². The molecule has 1 amide bonds. The molecule has 68 heavy (non-hydrogen) atoms. The normalized spacial score (nSPS) is 20.3. The van der Waals surface area contributed by atoms with Crippen LogP contribution in [0.4, 0.5) is 0 Å². The number of aliphatic hydroxyl groups is 5. The fraction of sp³-hybridized carbons (Fsp3) is 0.944. The number of amides is 1. The number of carbonyl (C=O) groups excluding carboxylic acids is 1. The number of ether oxygens (including phenoxy) is 2. The molecule has 1 rings (SSSR count). The van der Waals surface area contributed by atoms with Crippen LogP contribution in [-0.2, 0) is 28.9 Å². The molecule has 8 atom stereocenters. The van der Waals surface area contributed by atoms with Gasteiger partial charge in [-0.05, 0) is 38.5 Å². The Balaban J connectivity index is 2.44. The number of aliphatic hydroxyl groups excluding tert-OH is 5. The number of rotatable bonds is 49. The van der Waals surface area contributed by atoms with Gasteiger partial charge in [-0.1, -0.05) is 238 Å². The molecule has 14 heteroatoms. The van der Waals surface area contributed by atoms with Gasteiger partial charge in [-0.25, -0.2) is 4.18 Å². The van der Waals surface area contributed by atoms with Gasteiger partial charge in [0.15, 0.2) is 6.29 Å². The van der Waals surface area contributed by atoms with E-state index in [0.717, 1.165) is 57.8 Å². The van der Waals surface area contributed by atoms with E-state index in [9.17, 15) is 43.3 Å². The zero-order valence-electron chi connectivity index (χ0n) is 43.3. The molecule has 1 aliphatic rings. The Bertz CT molecular complexity index is 1270. The highest BCUT2D eigenvalue weighted by molar-refractivity contribution is 7.80. The van der Waals surface area contributed by atoms with Crippen molar-refractivity contribution in [2.75, 3.05) is 13.2 Å². The van der Waals surface area contributed by atoms with Crippen molar-refractivity contribution < 1.29 is 57.0 Å². The van der Waals surface area contributed by atoms with E-state index in [1.54, 1.807) is 0 Å². The first-order valence-corrected chi connectivity index (χ1v) is 29.5. The van der Waals surface area contributed by atoms with Crippen molar-refractivity contribution in [2.24, 2.45) is 0 Å². The van der Waals surface area contributed by atoms with Gasteiger partial charge in [-0.2, -0.15) is 8.42 Å². The first-order chi connectivity index (χ1) is 32.9. The monoisotopic (exact) mass is 992 g/mol. The van der Waals surface area contributed by atoms with Gasteiger partial charge in [0.05, 0.1) is 25.4 Å². The minimum atomic E-state index is -5.11. The highest BCUT2D eigenvalue weighted by Gasteiger charge is 2.48. The summed E-state index contributed by atoms with van der Waals surface area (Å²) in [6.45, 7) is 3.32. The zero-order chi connectivity index (χ0) is 49.9. The molecule has 13 nitrogen and oxygen atoms in total. The third kappa shape index (κ3) is 35.8. The van der Waals surface area contributed by atoms with Crippen molar-refractivity contribution in [1.29, 1.82) is 0 Å². The quantitative estimate of drug-likeness (QED) is 0.0172. The van der Waals surface area contributed by atoms with Crippen LogP contribution < -0.4 is 5.32 Å². The molecule has 0 bridgehead atoms. The lowest BCUT2D eigenvalue weighted by molar-refractivity contribution is -0.298. The van der Waals surface area contributed by atoms with Crippen LogP contribution in [0.25, 0.3) is 0 Å². The van der Waals surface area contributed by atoms with Crippen LogP contribution in [0.3, 0.4) is 0 Å². The summed E-state index contributed by atoms with van der Waals surface area (Å²) >= 11 is 0. The number of nitrogens with one attached hydrogen (secondary N) is 1. The Hall–Kier alpha value is -1.20. The summed E-state index contributed by atoms with van der Waals surface area (Å²) in [6.07, 6.45) is 39.6. The number of hydrogen-bond donors (Lipinski definition) is 7. The fourth-order valence-corrected chi connectivity index (χ4v) is 9.74. The Morgan fingerprint density at radius 2 is 0.941 bits per heavy atom. The van der Waals surface area contributed by atoms with Crippen molar-refractivity contribution in [3.63, 3.8) is 0 Å². The second-order valence-corrected chi connectivity index (χ2v) is 21.1. The molecule has 0 aromatic rings. The Morgan fingerprint density at radius 1 is 0.574 bits per heavy atom. The summed E-state index contributed by atoms with van der Waals surface area (Å²) < 4.78 is 47.8. The Kier molecular flexibility index (Phi) is 42.4. The van der Waals surface area contributed by atoms with Crippen molar-refractivity contribution >= 4 is 16.3 Å². The summed E-state index contributed by atoms with van der Waals surface area (Å²) in [4.78, 5) is 13.2. The van der Waals surface area contributed by atoms with Crippen molar-refractivity contribution in [3.05, 3.63) is 12.2 Å². The molecule has 0 saturated carbocycles. The third-order valence-electron chi connectivity index (χ3n) is 13.7. The summed E-state index contributed by atoms with van der Waals surface area (Å²) in [5.41, 5.74) is 0. The van der Waals surface area contributed by atoms with E-state index in [1.165, 1.54) is 167 Å². The van der Waals surface area contributed by atoms with Gasteiger partial charge < -0.3 is 40.3 Å². The lowest BCUT2D eigenvalue weighted by Gasteiger charge is -2.41. The fourth-order valence-electron chi connectivity index (χ4n) is 9.23. The van der Waals surface area contributed by atoms with Crippen molar-refractivity contribution in [3.8, 4) is 0 Å². The highest BCUT2D eigenvalue weighted by atomic mass is 32.3. The molecular formula is C54H105NO12S. The van der Waals surface area contributed by atoms with Crippen LogP contribution in [0.15, 0.2) is 12.2 Å². The number of carbonyl (C=O) groups is 1. The van der Waals surface area contributed by atoms with E-state index in [0.29, 0.717) is 19.3 Å².